The Kier molecular flexibility index (Phi) is 7.78. The number of unbranched alkanes of at least 4 members (excludes halogenated alkanes) is 1. The van der Waals surface area contributed by atoms with Gasteiger partial charge in [-0.25, -0.2) is 13.2 Å². The number of hydrogen-bond acceptors (Lipinski definition) is 5. The molecule has 3 aromatic rings. The van der Waals surface area contributed by atoms with E-state index in [0.717, 1.165) is 46.5 Å². The summed E-state index contributed by atoms with van der Waals surface area (Å²) in [5.74, 6) is -1.02. The Labute approximate surface area is 218 Å². The van der Waals surface area contributed by atoms with Gasteiger partial charge in [-0.15, -0.1) is 11.8 Å². The lowest BCUT2D eigenvalue weighted by atomic mass is 9.97. The molecule has 36 heavy (non-hydrogen) atoms. The third-order valence-corrected chi connectivity index (χ3v) is 9.59. The van der Waals surface area contributed by atoms with Crippen LogP contribution in [-0.4, -0.2) is 49.7 Å². The van der Waals surface area contributed by atoms with Gasteiger partial charge in [0.1, 0.15) is 4.90 Å². The normalized spacial score (nSPS) is 17.4. The standard InChI is InChI=1S/C28H32N2O4S2/c1-5-6-10-22-18-30(21-11-8-7-9-12-21)25-17-26(35-4)24(16-27(25)36(33,34)29(22)3)23-15-20(28(31)32)14-13-19(23)2/h7-9,11-17,22H,5-6,10,18H2,1-4H3,(H,31,32). The number of fused-ring (bicyclic) bond motifs is 1. The lowest BCUT2D eigenvalue weighted by molar-refractivity contribution is 0.0697. The first-order valence-corrected chi connectivity index (χ1v) is 14.7. The Morgan fingerprint density at radius 3 is 2.44 bits per heavy atom. The molecule has 190 valence electrons. The van der Waals surface area contributed by atoms with Gasteiger partial charge >= 0.3 is 5.97 Å². The Morgan fingerprint density at radius 2 is 1.81 bits per heavy atom. The highest BCUT2D eigenvalue weighted by molar-refractivity contribution is 7.98. The van der Waals surface area contributed by atoms with Crippen molar-refractivity contribution in [1.29, 1.82) is 0 Å². The fraction of sp³-hybridized carbons (Fsp3) is 0.321. The van der Waals surface area contributed by atoms with E-state index in [1.54, 1.807) is 31.3 Å². The van der Waals surface area contributed by atoms with Crippen LogP contribution in [0.2, 0.25) is 0 Å². The van der Waals surface area contributed by atoms with Crippen LogP contribution in [0.3, 0.4) is 0 Å². The summed E-state index contributed by atoms with van der Waals surface area (Å²) in [6.45, 7) is 4.57. The Morgan fingerprint density at radius 1 is 1.08 bits per heavy atom. The molecule has 4 rings (SSSR count). The van der Waals surface area contributed by atoms with Crippen molar-refractivity contribution in [3.63, 3.8) is 0 Å². The van der Waals surface area contributed by atoms with E-state index in [0.29, 0.717) is 12.2 Å². The number of carbonyl (C=O) groups is 1. The van der Waals surface area contributed by atoms with Crippen molar-refractivity contribution in [3.05, 3.63) is 71.8 Å². The summed E-state index contributed by atoms with van der Waals surface area (Å²) in [4.78, 5) is 14.9. The van der Waals surface area contributed by atoms with E-state index in [1.165, 1.54) is 16.1 Å². The second kappa shape index (κ2) is 10.7. The molecular formula is C28H32N2O4S2. The number of aryl methyl sites for hydroxylation is 1. The van der Waals surface area contributed by atoms with Crippen molar-refractivity contribution in [3.8, 4) is 11.1 Å². The molecule has 1 unspecified atom stereocenters. The van der Waals surface area contributed by atoms with Gasteiger partial charge in [0.2, 0.25) is 10.0 Å². The van der Waals surface area contributed by atoms with Crippen LogP contribution in [0.15, 0.2) is 70.5 Å². The van der Waals surface area contributed by atoms with Crippen LogP contribution in [0.4, 0.5) is 11.4 Å². The summed E-state index contributed by atoms with van der Waals surface area (Å²) in [6.07, 6.45) is 4.65. The summed E-state index contributed by atoms with van der Waals surface area (Å²) in [7, 11) is -2.13. The van der Waals surface area contributed by atoms with Crippen molar-refractivity contribution in [2.24, 2.45) is 0 Å². The SMILES string of the molecule is CCCCC1CN(c2ccccc2)c2cc(SC)c(-c3cc(C(=O)O)ccc3C)cc2S(=O)(=O)N1C. The van der Waals surface area contributed by atoms with E-state index in [1.807, 2.05) is 49.6 Å². The zero-order valence-corrected chi connectivity index (χ0v) is 22.7. The Bertz CT molecular complexity index is 1370. The second-order valence-electron chi connectivity index (χ2n) is 9.12. The highest BCUT2D eigenvalue weighted by Crippen LogP contribution is 2.44. The van der Waals surface area contributed by atoms with E-state index >= 15 is 0 Å². The molecule has 0 aromatic heterocycles. The monoisotopic (exact) mass is 524 g/mol. The van der Waals surface area contributed by atoms with E-state index in [9.17, 15) is 18.3 Å². The lowest BCUT2D eigenvalue weighted by Gasteiger charge is -2.29. The molecule has 1 aliphatic heterocycles. The zero-order valence-electron chi connectivity index (χ0n) is 21.1. The number of hydrogen-bond donors (Lipinski definition) is 1. The summed E-state index contributed by atoms with van der Waals surface area (Å²) < 4.78 is 29.6. The van der Waals surface area contributed by atoms with E-state index < -0.39 is 16.0 Å². The van der Waals surface area contributed by atoms with Gasteiger partial charge in [-0.05, 0) is 72.7 Å². The average Bonchev–Trinajstić information content (AvgIpc) is 2.95. The number of sulfonamides is 1. The molecule has 0 amide bonds. The molecule has 1 heterocycles. The third kappa shape index (κ3) is 4.90. The highest BCUT2D eigenvalue weighted by Gasteiger charge is 2.37. The van der Waals surface area contributed by atoms with Crippen molar-refractivity contribution in [2.75, 3.05) is 24.7 Å². The first-order valence-electron chi connectivity index (χ1n) is 12.1. The molecule has 1 aliphatic rings. The van der Waals surface area contributed by atoms with Gasteiger partial charge in [-0.3, -0.25) is 0 Å². The van der Waals surface area contributed by atoms with E-state index in [2.05, 4.69) is 11.8 Å². The van der Waals surface area contributed by atoms with Crippen molar-refractivity contribution in [2.45, 2.75) is 48.9 Å². The number of aromatic carboxylic acids is 1. The molecule has 0 fully saturated rings. The molecule has 0 aliphatic carbocycles. The van der Waals surface area contributed by atoms with Gasteiger partial charge < -0.3 is 10.0 Å². The summed E-state index contributed by atoms with van der Waals surface area (Å²) in [5.41, 5.74) is 4.08. The second-order valence-corrected chi connectivity index (χ2v) is 11.9. The van der Waals surface area contributed by atoms with Crippen LogP contribution < -0.4 is 4.90 Å². The maximum Gasteiger partial charge on any atom is 0.335 e. The first kappa shape index (κ1) is 26.3. The number of thioether (sulfide) groups is 1. The van der Waals surface area contributed by atoms with Crippen LogP contribution in [-0.2, 0) is 10.0 Å². The largest absolute Gasteiger partial charge is 0.478 e. The fourth-order valence-corrected chi connectivity index (χ4v) is 6.93. The smallest absolute Gasteiger partial charge is 0.335 e. The molecule has 0 saturated carbocycles. The number of para-hydroxylation sites is 1. The number of nitrogens with zero attached hydrogens (tertiary/aromatic N) is 2. The van der Waals surface area contributed by atoms with Gasteiger partial charge in [-0.1, -0.05) is 44.0 Å². The highest BCUT2D eigenvalue weighted by atomic mass is 32.2. The van der Waals surface area contributed by atoms with Crippen LogP contribution in [0.5, 0.6) is 0 Å². The lowest BCUT2D eigenvalue weighted by Crippen LogP contribution is -2.40. The van der Waals surface area contributed by atoms with Gasteiger partial charge in [-0.2, -0.15) is 4.31 Å². The van der Waals surface area contributed by atoms with Gasteiger partial charge in [0, 0.05) is 30.2 Å². The maximum absolute atomic E-state index is 14.0. The molecular weight excluding hydrogens is 492 g/mol. The van der Waals surface area contributed by atoms with Crippen LogP contribution in [0.1, 0.15) is 42.1 Å². The minimum absolute atomic E-state index is 0.170. The molecule has 0 bridgehead atoms. The molecule has 0 radical (unpaired) electrons. The number of carboxylic acid groups (broad SMARTS) is 1. The number of anilines is 2. The maximum atomic E-state index is 14.0. The first-order chi connectivity index (χ1) is 17.2. The predicted molar refractivity (Wildman–Crippen MR) is 147 cm³/mol. The Hall–Kier alpha value is -2.81. The van der Waals surface area contributed by atoms with Crippen molar-refractivity contribution in [1.82, 2.24) is 4.31 Å². The van der Waals surface area contributed by atoms with Crippen molar-refractivity contribution < 1.29 is 18.3 Å². The van der Waals surface area contributed by atoms with Gasteiger partial charge in [0.25, 0.3) is 0 Å². The van der Waals surface area contributed by atoms with Crippen LogP contribution in [0.25, 0.3) is 11.1 Å². The van der Waals surface area contributed by atoms with E-state index in [-0.39, 0.29) is 16.5 Å². The summed E-state index contributed by atoms with van der Waals surface area (Å²) >= 11 is 1.52. The number of carboxylic acids is 1. The Balaban J connectivity index is 2.00. The van der Waals surface area contributed by atoms with E-state index in [4.69, 9.17) is 0 Å². The average molecular weight is 525 g/mol. The molecule has 1 N–H and O–H groups in total. The summed E-state index contributed by atoms with van der Waals surface area (Å²) in [6, 6.07) is 18.4. The number of rotatable bonds is 7. The van der Waals surface area contributed by atoms with Crippen molar-refractivity contribution >= 4 is 39.1 Å². The third-order valence-electron chi connectivity index (χ3n) is 6.87. The minimum Gasteiger partial charge on any atom is -0.478 e. The van der Waals surface area contributed by atoms with Gasteiger partial charge in [0.15, 0.2) is 0 Å². The molecule has 6 nitrogen and oxygen atoms in total. The molecule has 0 saturated heterocycles. The number of benzene rings is 3. The minimum atomic E-state index is -3.81. The summed E-state index contributed by atoms with van der Waals surface area (Å²) in [5, 5.41) is 9.57. The molecule has 0 spiro atoms. The van der Waals surface area contributed by atoms with Crippen LogP contribution >= 0.6 is 11.8 Å². The topological polar surface area (TPSA) is 77.9 Å². The number of likely N-dealkylation sites (N-methyl/N-ethyl adjacent to an activating group) is 1. The molecule has 8 heteroatoms. The zero-order chi connectivity index (χ0) is 26.0. The quantitative estimate of drug-likeness (QED) is 0.360. The van der Waals surface area contributed by atoms with Gasteiger partial charge in [0.05, 0.1) is 11.3 Å². The predicted octanol–water partition coefficient (Wildman–Crippen LogP) is 6.41. The molecule has 3 aromatic carbocycles. The molecule has 1 atom stereocenters. The van der Waals surface area contributed by atoms with Crippen LogP contribution in [0, 0.1) is 6.92 Å². The fourth-order valence-electron chi connectivity index (χ4n) is 4.73.